The lowest BCUT2D eigenvalue weighted by atomic mass is 10.0. The van der Waals surface area contributed by atoms with E-state index in [-0.39, 0.29) is 5.56 Å². The maximum Gasteiger partial charge on any atom is 0.416 e. The third-order valence-electron chi connectivity index (χ3n) is 6.95. The number of aromatic carboxylic acids is 1. The smallest absolute Gasteiger partial charge is 0.416 e. The Morgan fingerprint density at radius 1 is 0.927 bits per heavy atom. The monoisotopic (exact) mass is 556 g/mol. The van der Waals surface area contributed by atoms with Crippen molar-refractivity contribution >= 4 is 17.0 Å². The molecule has 0 aliphatic carbocycles. The van der Waals surface area contributed by atoms with Crippen LogP contribution in [-0.2, 0) is 19.3 Å². The largest absolute Gasteiger partial charge is 0.478 e. The number of hydrogen-bond acceptors (Lipinski definition) is 4. The van der Waals surface area contributed by atoms with Crippen molar-refractivity contribution in [1.82, 2.24) is 29.3 Å². The molecule has 3 aromatic heterocycles. The third kappa shape index (κ3) is 5.21. The molecule has 0 saturated carbocycles. The van der Waals surface area contributed by atoms with Gasteiger partial charge in [0.05, 0.1) is 45.9 Å². The number of nitrogens with zero attached hydrogens (tertiary/aromatic N) is 5. The van der Waals surface area contributed by atoms with Crippen LogP contribution in [0.1, 0.15) is 22.3 Å². The van der Waals surface area contributed by atoms with Crippen LogP contribution in [0, 0.1) is 0 Å². The molecule has 0 amide bonds. The first kappa shape index (κ1) is 26.1. The van der Waals surface area contributed by atoms with Gasteiger partial charge in [-0.15, -0.1) is 0 Å². The lowest BCUT2D eigenvalue weighted by Crippen LogP contribution is -2.05. The topological polar surface area (TPSA) is 102 Å². The van der Waals surface area contributed by atoms with Gasteiger partial charge in [0, 0.05) is 31.0 Å². The number of aromatic nitrogens is 6. The Balaban J connectivity index is 1.41. The van der Waals surface area contributed by atoms with E-state index in [4.69, 9.17) is 4.98 Å². The predicted octanol–water partition coefficient (Wildman–Crippen LogP) is 6.76. The number of rotatable bonds is 8. The van der Waals surface area contributed by atoms with Gasteiger partial charge in [-0.25, -0.2) is 14.8 Å². The Bertz CT molecular complexity index is 1820. The van der Waals surface area contributed by atoms with Crippen LogP contribution in [0.2, 0.25) is 0 Å². The first-order valence-corrected chi connectivity index (χ1v) is 12.8. The summed E-state index contributed by atoms with van der Waals surface area (Å²) in [6, 6.07) is 17.5. The number of imidazole rings is 2. The molecule has 0 saturated heterocycles. The average molecular weight is 557 g/mol. The van der Waals surface area contributed by atoms with E-state index >= 15 is 0 Å². The van der Waals surface area contributed by atoms with Crippen LogP contribution in [0.25, 0.3) is 44.8 Å². The number of fused-ring (bicyclic) bond motifs is 1. The Labute approximate surface area is 231 Å². The van der Waals surface area contributed by atoms with Crippen molar-refractivity contribution in [3.05, 3.63) is 103 Å². The summed E-state index contributed by atoms with van der Waals surface area (Å²) in [7, 11) is 0. The zero-order chi connectivity index (χ0) is 28.6. The summed E-state index contributed by atoms with van der Waals surface area (Å²) in [5.74, 6) is -0.359. The molecule has 11 heteroatoms. The van der Waals surface area contributed by atoms with Crippen LogP contribution in [0.5, 0.6) is 0 Å². The second-order valence-electron chi connectivity index (χ2n) is 9.56. The van der Waals surface area contributed by atoms with E-state index in [9.17, 15) is 23.1 Å². The molecule has 0 unspecified atom stereocenters. The third-order valence-corrected chi connectivity index (χ3v) is 6.95. The number of carboxylic acids is 1. The zero-order valence-electron chi connectivity index (χ0n) is 21.5. The normalized spacial score (nSPS) is 11.8. The van der Waals surface area contributed by atoms with Gasteiger partial charge in [-0.3, -0.25) is 5.10 Å². The number of aryl methyl sites for hydroxylation is 2. The zero-order valence-corrected chi connectivity index (χ0v) is 21.5. The lowest BCUT2D eigenvalue weighted by Gasteiger charge is -2.11. The van der Waals surface area contributed by atoms with Crippen LogP contribution in [0.15, 0.2) is 91.6 Å². The Morgan fingerprint density at radius 2 is 1.66 bits per heavy atom. The summed E-state index contributed by atoms with van der Waals surface area (Å²) < 4.78 is 43.5. The van der Waals surface area contributed by atoms with Gasteiger partial charge in [0.25, 0.3) is 0 Å². The standard InChI is InChI=1S/C30H23F3N6O2/c31-30(32,33)23-9-6-20(7-10-23)27-24(17-35-37-27)28-36-25-16-22(19-2-4-21(5-3-19)29(40)41)8-11-26(25)39(28)14-1-13-38-15-12-34-18-38/h2-12,15-18H,1,13-14H2,(H,35,37)(H,40,41). The number of halogens is 3. The van der Waals surface area contributed by atoms with E-state index in [0.29, 0.717) is 29.2 Å². The Kier molecular flexibility index (Phi) is 6.62. The molecule has 0 spiro atoms. The molecule has 6 aromatic rings. The summed E-state index contributed by atoms with van der Waals surface area (Å²) in [5, 5.41) is 16.4. The number of aromatic amines is 1. The molecule has 0 fully saturated rings. The highest BCUT2D eigenvalue weighted by atomic mass is 19.4. The van der Waals surface area contributed by atoms with Crippen molar-refractivity contribution in [3.8, 4) is 33.8 Å². The number of carbonyl (C=O) groups is 1. The first-order valence-electron chi connectivity index (χ1n) is 12.8. The van der Waals surface area contributed by atoms with Gasteiger partial charge in [-0.2, -0.15) is 18.3 Å². The van der Waals surface area contributed by atoms with Gasteiger partial charge in [-0.1, -0.05) is 30.3 Å². The summed E-state index contributed by atoms with van der Waals surface area (Å²) in [6.45, 7) is 1.36. The lowest BCUT2D eigenvalue weighted by molar-refractivity contribution is -0.137. The van der Waals surface area contributed by atoms with Crippen LogP contribution in [-0.4, -0.2) is 40.4 Å². The molecular weight excluding hydrogens is 533 g/mol. The van der Waals surface area contributed by atoms with Gasteiger partial charge >= 0.3 is 12.1 Å². The van der Waals surface area contributed by atoms with E-state index in [1.54, 1.807) is 43.0 Å². The van der Waals surface area contributed by atoms with Crippen molar-refractivity contribution in [3.63, 3.8) is 0 Å². The maximum absolute atomic E-state index is 13.1. The number of nitrogens with one attached hydrogen (secondary N) is 1. The molecule has 0 radical (unpaired) electrons. The van der Waals surface area contributed by atoms with Crippen molar-refractivity contribution in [1.29, 1.82) is 0 Å². The molecule has 6 rings (SSSR count). The fourth-order valence-electron chi connectivity index (χ4n) is 4.88. The second kappa shape index (κ2) is 10.4. The highest BCUT2D eigenvalue weighted by molar-refractivity contribution is 5.90. The molecule has 41 heavy (non-hydrogen) atoms. The van der Waals surface area contributed by atoms with E-state index in [1.807, 2.05) is 29.0 Å². The molecule has 8 nitrogen and oxygen atoms in total. The number of benzene rings is 3. The molecule has 206 valence electrons. The quantitative estimate of drug-likeness (QED) is 0.216. The number of alkyl halides is 3. The summed E-state index contributed by atoms with van der Waals surface area (Å²) >= 11 is 0. The average Bonchev–Trinajstić information content (AvgIpc) is 3.73. The molecule has 0 bridgehead atoms. The maximum atomic E-state index is 13.1. The second-order valence-corrected chi connectivity index (χ2v) is 9.56. The van der Waals surface area contributed by atoms with Gasteiger partial charge in [0.15, 0.2) is 0 Å². The molecule has 2 N–H and O–H groups in total. The molecule has 3 aromatic carbocycles. The molecule has 0 atom stereocenters. The van der Waals surface area contributed by atoms with E-state index < -0.39 is 17.7 Å². The highest BCUT2D eigenvalue weighted by Gasteiger charge is 2.30. The van der Waals surface area contributed by atoms with Gasteiger partial charge in [0.1, 0.15) is 5.82 Å². The fraction of sp³-hybridized carbons (Fsp3) is 0.133. The number of carboxylic acid groups (broad SMARTS) is 1. The SMILES string of the molecule is O=C(O)c1ccc(-c2ccc3c(c2)nc(-c2cn[nH]c2-c2ccc(C(F)(F)F)cc2)n3CCCn2ccnc2)cc1. The molecular formula is C30H23F3N6O2. The summed E-state index contributed by atoms with van der Waals surface area (Å²) in [5.41, 5.74) is 4.60. The molecule has 0 aliphatic heterocycles. The minimum atomic E-state index is -4.43. The Morgan fingerprint density at radius 3 is 2.34 bits per heavy atom. The predicted molar refractivity (Wildman–Crippen MR) is 147 cm³/mol. The van der Waals surface area contributed by atoms with Gasteiger partial charge in [-0.05, 0) is 53.9 Å². The Hall–Kier alpha value is -5.19. The highest BCUT2D eigenvalue weighted by Crippen LogP contribution is 2.36. The van der Waals surface area contributed by atoms with Crippen LogP contribution in [0.4, 0.5) is 13.2 Å². The summed E-state index contributed by atoms with van der Waals surface area (Å²) in [6.07, 6.45) is 3.36. The minimum Gasteiger partial charge on any atom is -0.478 e. The minimum absolute atomic E-state index is 0.204. The van der Waals surface area contributed by atoms with Gasteiger partial charge < -0.3 is 14.2 Å². The van der Waals surface area contributed by atoms with E-state index in [2.05, 4.69) is 19.7 Å². The molecule has 3 heterocycles. The molecule has 0 aliphatic rings. The van der Waals surface area contributed by atoms with Crippen molar-refractivity contribution in [2.45, 2.75) is 25.7 Å². The number of hydrogen-bond donors (Lipinski definition) is 2. The van der Waals surface area contributed by atoms with Crippen LogP contribution in [0.3, 0.4) is 0 Å². The van der Waals surface area contributed by atoms with E-state index in [0.717, 1.165) is 47.3 Å². The van der Waals surface area contributed by atoms with Crippen molar-refractivity contribution < 1.29 is 23.1 Å². The van der Waals surface area contributed by atoms with Crippen LogP contribution >= 0.6 is 0 Å². The summed E-state index contributed by atoms with van der Waals surface area (Å²) in [4.78, 5) is 20.3. The van der Waals surface area contributed by atoms with Crippen molar-refractivity contribution in [2.24, 2.45) is 0 Å². The van der Waals surface area contributed by atoms with Crippen molar-refractivity contribution in [2.75, 3.05) is 0 Å². The fourth-order valence-corrected chi connectivity index (χ4v) is 4.88. The van der Waals surface area contributed by atoms with E-state index in [1.165, 1.54) is 12.1 Å². The van der Waals surface area contributed by atoms with Gasteiger partial charge in [0.2, 0.25) is 0 Å². The first-order chi connectivity index (χ1) is 19.8. The van der Waals surface area contributed by atoms with Crippen LogP contribution < -0.4 is 0 Å². The number of H-pyrrole nitrogens is 1.